The Bertz CT molecular complexity index is 418. The van der Waals surface area contributed by atoms with E-state index >= 15 is 0 Å². The number of benzene rings is 1. The van der Waals surface area contributed by atoms with Crippen LogP contribution in [0.3, 0.4) is 0 Å². The SMILES string of the molecule is CCC(=O)[C@@H](c1ccccc1)N1CCC(C)(O)CC1. The van der Waals surface area contributed by atoms with Crippen LogP contribution in [0.4, 0.5) is 0 Å². The van der Waals surface area contributed by atoms with E-state index in [1.807, 2.05) is 44.2 Å². The van der Waals surface area contributed by atoms with Gasteiger partial charge in [-0.05, 0) is 25.3 Å². The summed E-state index contributed by atoms with van der Waals surface area (Å²) >= 11 is 0. The van der Waals surface area contributed by atoms with Gasteiger partial charge in [0.2, 0.25) is 0 Å². The second kappa shape index (κ2) is 5.85. The van der Waals surface area contributed by atoms with E-state index < -0.39 is 5.60 Å². The molecular weight excluding hydrogens is 238 g/mol. The zero-order valence-electron chi connectivity index (χ0n) is 11.8. The molecule has 1 saturated heterocycles. The molecule has 1 aliphatic rings. The Hall–Kier alpha value is -1.19. The van der Waals surface area contributed by atoms with E-state index in [2.05, 4.69) is 4.90 Å². The summed E-state index contributed by atoms with van der Waals surface area (Å²) in [7, 11) is 0. The highest BCUT2D eigenvalue weighted by molar-refractivity contribution is 5.85. The minimum atomic E-state index is -0.576. The van der Waals surface area contributed by atoms with E-state index in [0.29, 0.717) is 6.42 Å². The first-order valence-corrected chi connectivity index (χ1v) is 7.07. The van der Waals surface area contributed by atoms with Crippen molar-refractivity contribution in [3.05, 3.63) is 35.9 Å². The number of hydrogen-bond acceptors (Lipinski definition) is 3. The zero-order chi connectivity index (χ0) is 13.9. The number of piperidine rings is 1. The Labute approximate surface area is 115 Å². The smallest absolute Gasteiger partial charge is 0.154 e. The molecule has 3 heteroatoms. The topological polar surface area (TPSA) is 40.5 Å². The number of ketones is 1. The van der Waals surface area contributed by atoms with Gasteiger partial charge in [-0.2, -0.15) is 0 Å². The molecule has 0 aromatic heterocycles. The molecule has 1 aromatic rings. The average Bonchev–Trinajstić information content (AvgIpc) is 2.42. The molecule has 1 aromatic carbocycles. The summed E-state index contributed by atoms with van der Waals surface area (Å²) in [6.45, 7) is 5.35. The minimum Gasteiger partial charge on any atom is -0.390 e. The molecular formula is C16H23NO2. The number of aliphatic hydroxyl groups is 1. The number of carbonyl (C=O) groups is 1. The van der Waals surface area contributed by atoms with Crippen LogP contribution >= 0.6 is 0 Å². The van der Waals surface area contributed by atoms with Crippen molar-refractivity contribution in [3.63, 3.8) is 0 Å². The van der Waals surface area contributed by atoms with E-state index in [1.54, 1.807) is 0 Å². The number of Topliss-reactive ketones (excluding diaryl/α,β-unsaturated/α-hetero) is 1. The van der Waals surface area contributed by atoms with Crippen LogP contribution in [0.5, 0.6) is 0 Å². The molecule has 0 unspecified atom stereocenters. The van der Waals surface area contributed by atoms with E-state index in [4.69, 9.17) is 0 Å². The predicted molar refractivity (Wildman–Crippen MR) is 75.9 cm³/mol. The number of hydrogen-bond donors (Lipinski definition) is 1. The van der Waals surface area contributed by atoms with Crippen LogP contribution in [0.1, 0.15) is 44.7 Å². The fraction of sp³-hybridized carbons (Fsp3) is 0.562. The van der Waals surface area contributed by atoms with Gasteiger partial charge in [0.15, 0.2) is 5.78 Å². The maximum Gasteiger partial charge on any atom is 0.154 e. The summed E-state index contributed by atoms with van der Waals surface area (Å²) < 4.78 is 0. The van der Waals surface area contributed by atoms with Gasteiger partial charge in [-0.1, -0.05) is 37.3 Å². The third-order valence-corrected chi connectivity index (χ3v) is 4.01. The van der Waals surface area contributed by atoms with Crippen molar-refractivity contribution in [2.45, 2.75) is 44.8 Å². The Morgan fingerprint density at radius 2 is 1.89 bits per heavy atom. The average molecular weight is 261 g/mol. The first-order chi connectivity index (χ1) is 9.03. The maximum atomic E-state index is 12.3. The third-order valence-electron chi connectivity index (χ3n) is 4.01. The van der Waals surface area contributed by atoms with Gasteiger partial charge in [0, 0.05) is 19.5 Å². The molecule has 1 aliphatic heterocycles. The summed E-state index contributed by atoms with van der Waals surface area (Å²) in [5, 5.41) is 10.0. The molecule has 1 N–H and O–H groups in total. The molecule has 0 saturated carbocycles. The summed E-state index contributed by atoms with van der Waals surface area (Å²) in [5.41, 5.74) is 0.489. The van der Waals surface area contributed by atoms with Crippen LogP contribution in [0, 0.1) is 0 Å². The van der Waals surface area contributed by atoms with Gasteiger partial charge in [-0.25, -0.2) is 0 Å². The van der Waals surface area contributed by atoms with Gasteiger partial charge in [0.1, 0.15) is 0 Å². The van der Waals surface area contributed by atoms with Crippen molar-refractivity contribution >= 4 is 5.78 Å². The van der Waals surface area contributed by atoms with Crippen LogP contribution in [-0.2, 0) is 4.79 Å². The van der Waals surface area contributed by atoms with Gasteiger partial charge in [-0.15, -0.1) is 0 Å². The molecule has 1 atom stereocenters. The Morgan fingerprint density at radius 3 is 2.42 bits per heavy atom. The minimum absolute atomic E-state index is 0.151. The molecule has 19 heavy (non-hydrogen) atoms. The van der Waals surface area contributed by atoms with Crippen molar-refractivity contribution < 1.29 is 9.90 Å². The lowest BCUT2D eigenvalue weighted by atomic mass is 9.90. The van der Waals surface area contributed by atoms with Crippen molar-refractivity contribution in [2.75, 3.05) is 13.1 Å². The fourth-order valence-electron chi connectivity index (χ4n) is 2.69. The van der Waals surface area contributed by atoms with Gasteiger partial charge >= 0.3 is 0 Å². The molecule has 3 nitrogen and oxygen atoms in total. The van der Waals surface area contributed by atoms with Crippen molar-refractivity contribution in [2.24, 2.45) is 0 Å². The molecule has 2 rings (SSSR count). The number of rotatable bonds is 4. The van der Waals surface area contributed by atoms with E-state index in [1.165, 1.54) is 0 Å². The first-order valence-electron chi connectivity index (χ1n) is 7.07. The highest BCUT2D eigenvalue weighted by atomic mass is 16.3. The molecule has 1 fully saturated rings. The summed E-state index contributed by atoms with van der Waals surface area (Å²) in [5.74, 6) is 0.257. The molecule has 104 valence electrons. The second-order valence-electron chi connectivity index (χ2n) is 5.67. The number of carbonyl (C=O) groups excluding carboxylic acids is 1. The monoisotopic (exact) mass is 261 g/mol. The van der Waals surface area contributed by atoms with Gasteiger partial charge < -0.3 is 5.11 Å². The van der Waals surface area contributed by atoms with Crippen LogP contribution in [0.15, 0.2) is 30.3 Å². The highest BCUT2D eigenvalue weighted by Crippen LogP contribution is 2.29. The normalized spacial score (nSPS) is 21.0. The second-order valence-corrected chi connectivity index (χ2v) is 5.67. The number of likely N-dealkylation sites (tertiary alicyclic amines) is 1. The lowest BCUT2D eigenvalue weighted by Crippen LogP contribution is -2.45. The summed E-state index contributed by atoms with van der Waals surface area (Å²) in [6, 6.07) is 9.81. The summed E-state index contributed by atoms with van der Waals surface area (Å²) in [6.07, 6.45) is 2.01. The van der Waals surface area contributed by atoms with Crippen molar-refractivity contribution in [1.29, 1.82) is 0 Å². The number of nitrogens with zero attached hydrogens (tertiary/aromatic N) is 1. The van der Waals surface area contributed by atoms with Crippen LogP contribution in [0.2, 0.25) is 0 Å². The molecule has 0 amide bonds. The standard InChI is InChI=1S/C16H23NO2/c1-3-14(18)15(13-7-5-4-6-8-13)17-11-9-16(2,19)10-12-17/h4-8,15,19H,3,9-12H2,1-2H3/t15-/m1/s1. The zero-order valence-corrected chi connectivity index (χ0v) is 11.8. The van der Waals surface area contributed by atoms with E-state index in [-0.39, 0.29) is 11.8 Å². The molecule has 0 aliphatic carbocycles. The molecule has 0 bridgehead atoms. The Kier molecular flexibility index (Phi) is 4.38. The van der Waals surface area contributed by atoms with E-state index in [9.17, 15) is 9.90 Å². The largest absolute Gasteiger partial charge is 0.390 e. The first kappa shape index (κ1) is 14.2. The van der Waals surface area contributed by atoms with Gasteiger partial charge in [0.05, 0.1) is 11.6 Å². The van der Waals surface area contributed by atoms with Crippen LogP contribution in [0.25, 0.3) is 0 Å². The van der Waals surface area contributed by atoms with Crippen LogP contribution < -0.4 is 0 Å². The fourth-order valence-corrected chi connectivity index (χ4v) is 2.69. The van der Waals surface area contributed by atoms with Crippen molar-refractivity contribution in [1.82, 2.24) is 4.90 Å². The third kappa shape index (κ3) is 3.43. The van der Waals surface area contributed by atoms with Gasteiger partial charge in [-0.3, -0.25) is 9.69 Å². The van der Waals surface area contributed by atoms with Crippen LogP contribution in [-0.4, -0.2) is 34.5 Å². The maximum absolute atomic E-state index is 12.3. The molecule has 0 radical (unpaired) electrons. The van der Waals surface area contributed by atoms with E-state index in [0.717, 1.165) is 31.5 Å². The quantitative estimate of drug-likeness (QED) is 0.905. The Balaban J connectivity index is 2.18. The highest BCUT2D eigenvalue weighted by Gasteiger charge is 2.33. The van der Waals surface area contributed by atoms with Gasteiger partial charge in [0.25, 0.3) is 0 Å². The molecule has 0 spiro atoms. The summed E-state index contributed by atoms with van der Waals surface area (Å²) in [4.78, 5) is 14.5. The predicted octanol–water partition coefficient (Wildman–Crippen LogP) is 2.55. The Morgan fingerprint density at radius 1 is 1.32 bits per heavy atom. The molecule has 1 heterocycles. The lowest BCUT2D eigenvalue weighted by molar-refractivity contribution is -0.126. The van der Waals surface area contributed by atoms with Crippen molar-refractivity contribution in [3.8, 4) is 0 Å². The lowest BCUT2D eigenvalue weighted by Gasteiger charge is -2.39.